The number of aliphatic hydroxyl groups is 1. The predicted octanol–water partition coefficient (Wildman–Crippen LogP) is 2.85. The van der Waals surface area contributed by atoms with Gasteiger partial charge in [0.15, 0.2) is 0 Å². The minimum absolute atomic E-state index is 0.119. The van der Waals surface area contributed by atoms with E-state index in [2.05, 4.69) is 0 Å². The second-order valence-electron chi connectivity index (χ2n) is 5.66. The molecule has 0 aliphatic rings. The first kappa shape index (κ1) is 18.9. The maximum atomic E-state index is 12.8. The Morgan fingerprint density at radius 3 is 2.26 bits per heavy atom. The molecule has 0 fully saturated rings. The monoisotopic (exact) mass is 334 g/mol. The Kier molecular flexibility index (Phi) is 5.36. The highest BCUT2D eigenvalue weighted by Crippen LogP contribution is 2.33. The molecule has 0 atom stereocenters. The van der Waals surface area contributed by atoms with Crippen molar-refractivity contribution in [3.05, 3.63) is 39.4 Å². The van der Waals surface area contributed by atoms with Crippen molar-refractivity contribution in [2.75, 3.05) is 13.1 Å². The summed E-state index contributed by atoms with van der Waals surface area (Å²) < 4.78 is 38.5. The summed E-state index contributed by atoms with van der Waals surface area (Å²) in [7, 11) is 0. The normalized spacial score (nSPS) is 12.1. The molecule has 1 rings (SSSR count). The molecule has 1 aromatic carbocycles. The second kappa shape index (κ2) is 6.53. The van der Waals surface area contributed by atoms with Crippen LogP contribution in [0, 0.1) is 10.1 Å². The van der Waals surface area contributed by atoms with E-state index in [-0.39, 0.29) is 13.1 Å². The van der Waals surface area contributed by atoms with Gasteiger partial charge < -0.3 is 10.0 Å². The van der Waals surface area contributed by atoms with Crippen LogP contribution in [-0.2, 0) is 6.18 Å². The molecule has 1 aromatic rings. The lowest BCUT2D eigenvalue weighted by Gasteiger charge is -2.28. The van der Waals surface area contributed by atoms with Crippen molar-refractivity contribution in [3.8, 4) is 0 Å². The smallest absolute Gasteiger partial charge is 0.389 e. The van der Waals surface area contributed by atoms with Gasteiger partial charge in [-0.15, -0.1) is 0 Å². The van der Waals surface area contributed by atoms with E-state index in [1.807, 2.05) is 0 Å². The molecule has 0 heterocycles. The number of benzene rings is 1. The summed E-state index contributed by atoms with van der Waals surface area (Å²) in [5.41, 5.74) is -3.78. The van der Waals surface area contributed by atoms with Gasteiger partial charge in [0.2, 0.25) is 0 Å². The molecule has 0 saturated carbocycles. The first-order chi connectivity index (χ1) is 10.3. The number of amides is 1. The van der Waals surface area contributed by atoms with Crippen molar-refractivity contribution in [2.45, 2.75) is 32.5 Å². The Balaban J connectivity index is 3.32. The maximum Gasteiger partial charge on any atom is 0.416 e. The summed E-state index contributed by atoms with van der Waals surface area (Å²) in [6.45, 7) is 4.49. The van der Waals surface area contributed by atoms with Crippen molar-refractivity contribution in [2.24, 2.45) is 0 Å². The van der Waals surface area contributed by atoms with Crippen LogP contribution < -0.4 is 0 Å². The van der Waals surface area contributed by atoms with Gasteiger partial charge in [-0.05, 0) is 26.8 Å². The third kappa shape index (κ3) is 5.20. The summed E-state index contributed by atoms with van der Waals surface area (Å²) in [6, 6.07) is 1.75. The summed E-state index contributed by atoms with van der Waals surface area (Å²) in [5, 5.41) is 20.6. The molecule has 0 aromatic heterocycles. The molecular weight excluding hydrogens is 317 g/mol. The van der Waals surface area contributed by atoms with E-state index < -0.39 is 39.4 Å². The van der Waals surface area contributed by atoms with E-state index in [1.54, 1.807) is 6.92 Å². The third-order valence-electron chi connectivity index (χ3n) is 2.95. The zero-order valence-electron chi connectivity index (χ0n) is 12.8. The van der Waals surface area contributed by atoms with E-state index in [0.29, 0.717) is 12.1 Å². The minimum atomic E-state index is -4.81. The fourth-order valence-electron chi connectivity index (χ4n) is 1.98. The molecule has 6 nitrogen and oxygen atoms in total. The van der Waals surface area contributed by atoms with Crippen LogP contribution in [0.25, 0.3) is 0 Å². The number of nitrogens with zero attached hydrogens (tertiary/aromatic N) is 2. The van der Waals surface area contributed by atoms with Gasteiger partial charge in [0, 0.05) is 30.8 Å². The van der Waals surface area contributed by atoms with Crippen LogP contribution in [0.2, 0.25) is 0 Å². The van der Waals surface area contributed by atoms with Gasteiger partial charge in [-0.2, -0.15) is 13.2 Å². The summed E-state index contributed by atoms with van der Waals surface area (Å²) in [5.74, 6) is -0.816. The van der Waals surface area contributed by atoms with Gasteiger partial charge >= 0.3 is 6.18 Å². The Labute approximate surface area is 130 Å². The van der Waals surface area contributed by atoms with Crippen LogP contribution in [0.5, 0.6) is 0 Å². The lowest BCUT2D eigenvalue weighted by molar-refractivity contribution is -0.385. The summed E-state index contributed by atoms with van der Waals surface area (Å²) in [6.07, 6.45) is -4.81. The van der Waals surface area contributed by atoms with Crippen molar-refractivity contribution in [1.82, 2.24) is 4.90 Å². The van der Waals surface area contributed by atoms with Crippen molar-refractivity contribution >= 4 is 11.6 Å². The Bertz CT molecular complexity index is 609. The first-order valence-corrected chi connectivity index (χ1v) is 6.73. The quantitative estimate of drug-likeness (QED) is 0.663. The number of carbonyl (C=O) groups is 1. The molecule has 1 N–H and O–H groups in total. The highest BCUT2D eigenvalue weighted by Gasteiger charge is 2.34. The van der Waals surface area contributed by atoms with E-state index in [4.69, 9.17) is 0 Å². The molecule has 0 spiro atoms. The second-order valence-corrected chi connectivity index (χ2v) is 5.66. The SMILES string of the molecule is CCN(CC(C)(C)O)C(=O)c1cc([N+](=O)[O-])cc(C(F)(F)F)c1. The fraction of sp³-hybridized carbons (Fsp3) is 0.500. The van der Waals surface area contributed by atoms with Gasteiger partial charge in [0.05, 0.1) is 16.1 Å². The minimum Gasteiger partial charge on any atom is -0.389 e. The number of non-ortho nitro benzene ring substituents is 1. The zero-order chi connectivity index (χ0) is 18.0. The lowest BCUT2D eigenvalue weighted by atomic mass is 10.1. The molecule has 0 aliphatic carbocycles. The van der Waals surface area contributed by atoms with Crippen molar-refractivity contribution in [1.29, 1.82) is 0 Å². The van der Waals surface area contributed by atoms with Gasteiger partial charge in [-0.1, -0.05) is 0 Å². The van der Waals surface area contributed by atoms with Gasteiger partial charge in [0.1, 0.15) is 0 Å². The van der Waals surface area contributed by atoms with E-state index in [9.17, 15) is 33.2 Å². The van der Waals surface area contributed by atoms with Crippen LogP contribution in [-0.4, -0.2) is 39.5 Å². The molecule has 128 valence electrons. The van der Waals surface area contributed by atoms with Crippen LogP contribution in [0.4, 0.5) is 18.9 Å². The molecule has 0 radical (unpaired) electrons. The number of alkyl halides is 3. The molecule has 0 unspecified atom stereocenters. The topological polar surface area (TPSA) is 83.7 Å². The predicted molar refractivity (Wildman–Crippen MR) is 76.0 cm³/mol. The van der Waals surface area contributed by atoms with Crippen molar-refractivity contribution < 1.29 is 28.0 Å². The number of likely N-dealkylation sites (N-methyl/N-ethyl adjacent to an activating group) is 1. The van der Waals surface area contributed by atoms with Gasteiger partial charge in [-0.25, -0.2) is 0 Å². The Morgan fingerprint density at radius 2 is 1.87 bits per heavy atom. The largest absolute Gasteiger partial charge is 0.416 e. The Hall–Kier alpha value is -2.16. The molecule has 9 heteroatoms. The standard InChI is InChI=1S/C14H17F3N2O4/c1-4-18(8-13(2,3)21)12(20)9-5-10(14(15,16)17)7-11(6-9)19(22)23/h5-7,21H,4,8H2,1-3H3. The number of rotatable bonds is 5. The summed E-state index contributed by atoms with van der Waals surface area (Å²) >= 11 is 0. The third-order valence-corrected chi connectivity index (χ3v) is 2.95. The molecule has 23 heavy (non-hydrogen) atoms. The van der Waals surface area contributed by atoms with E-state index >= 15 is 0 Å². The maximum absolute atomic E-state index is 12.8. The van der Waals surface area contributed by atoms with E-state index in [0.717, 1.165) is 11.0 Å². The first-order valence-electron chi connectivity index (χ1n) is 6.73. The average molecular weight is 334 g/mol. The Morgan fingerprint density at radius 1 is 1.30 bits per heavy atom. The van der Waals surface area contributed by atoms with Crippen LogP contribution in [0.3, 0.4) is 0 Å². The van der Waals surface area contributed by atoms with Gasteiger partial charge in [-0.3, -0.25) is 14.9 Å². The fourth-order valence-corrected chi connectivity index (χ4v) is 1.98. The zero-order valence-corrected chi connectivity index (χ0v) is 12.8. The van der Waals surface area contributed by atoms with Crippen LogP contribution in [0.1, 0.15) is 36.7 Å². The number of carbonyl (C=O) groups excluding carboxylic acids is 1. The highest BCUT2D eigenvalue weighted by molar-refractivity contribution is 5.95. The number of nitro groups is 1. The van der Waals surface area contributed by atoms with Gasteiger partial charge in [0.25, 0.3) is 11.6 Å². The van der Waals surface area contributed by atoms with Crippen molar-refractivity contribution in [3.63, 3.8) is 0 Å². The number of hydrogen-bond acceptors (Lipinski definition) is 4. The molecule has 1 amide bonds. The number of hydrogen-bond donors (Lipinski definition) is 1. The highest BCUT2D eigenvalue weighted by atomic mass is 19.4. The molecule has 0 saturated heterocycles. The molecule has 0 bridgehead atoms. The molecular formula is C14H17F3N2O4. The summed E-state index contributed by atoms with van der Waals surface area (Å²) in [4.78, 5) is 23.3. The molecule has 0 aliphatic heterocycles. The van der Waals surface area contributed by atoms with E-state index in [1.165, 1.54) is 13.8 Å². The lowest BCUT2D eigenvalue weighted by Crippen LogP contribution is -2.42. The van der Waals surface area contributed by atoms with Crippen LogP contribution >= 0.6 is 0 Å². The number of nitro benzene ring substituents is 1. The number of halogens is 3. The average Bonchev–Trinajstić information content (AvgIpc) is 2.41. The van der Waals surface area contributed by atoms with Crippen LogP contribution in [0.15, 0.2) is 18.2 Å².